The molecule has 2 atom stereocenters. The van der Waals surface area contributed by atoms with Gasteiger partial charge in [-0.2, -0.15) is 0 Å². The Morgan fingerprint density at radius 1 is 1.47 bits per heavy atom. The van der Waals surface area contributed by atoms with E-state index in [2.05, 4.69) is 5.43 Å². The van der Waals surface area contributed by atoms with Crippen molar-refractivity contribution >= 4 is 11.6 Å². The minimum Gasteiger partial charge on any atom is -0.376 e. The van der Waals surface area contributed by atoms with Crippen LogP contribution in [-0.2, 0) is 9.47 Å². The van der Waals surface area contributed by atoms with E-state index in [0.717, 1.165) is 0 Å². The van der Waals surface area contributed by atoms with Gasteiger partial charge in [-0.3, -0.25) is 11.3 Å². The normalized spacial score (nSPS) is 22.4. The van der Waals surface area contributed by atoms with Crippen LogP contribution in [0.5, 0.6) is 0 Å². The summed E-state index contributed by atoms with van der Waals surface area (Å²) >= 11 is 5.70. The van der Waals surface area contributed by atoms with E-state index >= 15 is 0 Å². The van der Waals surface area contributed by atoms with Crippen molar-refractivity contribution in [2.75, 3.05) is 19.8 Å². The first-order valence-corrected chi connectivity index (χ1v) is 5.70. The molecule has 2 unspecified atom stereocenters. The molecule has 0 amide bonds. The Bertz CT molecular complexity index is 386. The summed E-state index contributed by atoms with van der Waals surface area (Å²) in [6.07, 6.45) is -0.301. The van der Waals surface area contributed by atoms with Crippen LogP contribution in [0.15, 0.2) is 18.2 Å². The highest BCUT2D eigenvalue weighted by Crippen LogP contribution is 2.25. The van der Waals surface area contributed by atoms with Crippen LogP contribution in [0.3, 0.4) is 0 Å². The molecule has 6 heteroatoms. The van der Waals surface area contributed by atoms with E-state index in [1.165, 1.54) is 6.07 Å². The summed E-state index contributed by atoms with van der Waals surface area (Å²) in [6, 6.07) is 4.02. The molecule has 1 fully saturated rings. The third-order valence-corrected chi connectivity index (χ3v) is 2.93. The quantitative estimate of drug-likeness (QED) is 0.637. The molecule has 1 aliphatic rings. The van der Waals surface area contributed by atoms with Crippen molar-refractivity contribution in [3.05, 3.63) is 34.6 Å². The molecule has 2 rings (SSSR count). The van der Waals surface area contributed by atoms with Crippen LogP contribution in [0.4, 0.5) is 4.39 Å². The monoisotopic (exact) mass is 260 g/mol. The number of rotatable bonds is 3. The van der Waals surface area contributed by atoms with E-state index in [1.807, 2.05) is 0 Å². The first-order chi connectivity index (χ1) is 8.22. The second-order valence-electron chi connectivity index (χ2n) is 3.79. The molecular formula is C11H14ClFN2O2. The fourth-order valence-corrected chi connectivity index (χ4v) is 2.01. The maximum Gasteiger partial charge on any atom is 0.129 e. The fraction of sp³-hybridized carbons (Fsp3) is 0.455. The molecular weight excluding hydrogens is 247 g/mol. The van der Waals surface area contributed by atoms with E-state index in [0.29, 0.717) is 30.4 Å². The topological polar surface area (TPSA) is 56.5 Å². The van der Waals surface area contributed by atoms with Gasteiger partial charge in [0.15, 0.2) is 0 Å². The summed E-state index contributed by atoms with van der Waals surface area (Å²) in [4.78, 5) is 0. The summed E-state index contributed by atoms with van der Waals surface area (Å²) in [5, 5.41) is 0.350. The van der Waals surface area contributed by atoms with Gasteiger partial charge in [0.1, 0.15) is 11.9 Å². The number of hydrogen-bond acceptors (Lipinski definition) is 4. The predicted octanol–water partition coefficient (Wildman–Crippen LogP) is 1.40. The Morgan fingerprint density at radius 3 is 2.88 bits per heavy atom. The van der Waals surface area contributed by atoms with Crippen molar-refractivity contribution in [3.8, 4) is 0 Å². The zero-order valence-corrected chi connectivity index (χ0v) is 9.91. The standard InChI is InChI=1S/C11H14ClFN2O2/c12-7-1-2-8(9(13)5-7)11(15-14)10-6-16-3-4-17-10/h1-2,5,10-11,15H,3-4,6,14H2. The highest BCUT2D eigenvalue weighted by Gasteiger charge is 2.27. The molecule has 1 aromatic carbocycles. The first kappa shape index (κ1) is 12.7. The highest BCUT2D eigenvalue weighted by atomic mass is 35.5. The zero-order valence-electron chi connectivity index (χ0n) is 9.16. The van der Waals surface area contributed by atoms with E-state index in [1.54, 1.807) is 12.1 Å². The Morgan fingerprint density at radius 2 is 2.29 bits per heavy atom. The van der Waals surface area contributed by atoms with Gasteiger partial charge in [0, 0.05) is 10.6 Å². The van der Waals surface area contributed by atoms with Crippen molar-refractivity contribution in [1.82, 2.24) is 5.43 Å². The number of hydrazine groups is 1. The Balaban J connectivity index is 2.21. The molecule has 0 radical (unpaired) electrons. The minimum atomic E-state index is -0.451. The SMILES string of the molecule is NNC(c1ccc(Cl)cc1F)C1COCCO1. The molecule has 0 spiro atoms. The Hall–Kier alpha value is -0.720. The van der Waals surface area contributed by atoms with E-state index < -0.39 is 11.9 Å². The van der Waals surface area contributed by atoms with Crippen molar-refractivity contribution in [2.24, 2.45) is 5.84 Å². The van der Waals surface area contributed by atoms with Crippen LogP contribution >= 0.6 is 11.6 Å². The van der Waals surface area contributed by atoms with Gasteiger partial charge in [-0.15, -0.1) is 0 Å². The summed E-state index contributed by atoms with van der Waals surface area (Å²) < 4.78 is 24.6. The van der Waals surface area contributed by atoms with Gasteiger partial charge in [0.2, 0.25) is 0 Å². The third kappa shape index (κ3) is 2.94. The van der Waals surface area contributed by atoms with Crippen LogP contribution in [0, 0.1) is 5.82 Å². The molecule has 0 saturated carbocycles. The fourth-order valence-electron chi connectivity index (χ4n) is 1.85. The first-order valence-electron chi connectivity index (χ1n) is 5.33. The van der Waals surface area contributed by atoms with Gasteiger partial charge in [-0.25, -0.2) is 4.39 Å². The molecule has 0 aliphatic carbocycles. The summed E-state index contributed by atoms with van der Waals surface area (Å²) in [7, 11) is 0. The number of hydrogen-bond donors (Lipinski definition) is 2. The number of ether oxygens (including phenoxy) is 2. The van der Waals surface area contributed by atoms with Crippen molar-refractivity contribution < 1.29 is 13.9 Å². The molecule has 0 bridgehead atoms. The van der Waals surface area contributed by atoms with Crippen LogP contribution in [0.25, 0.3) is 0 Å². The summed E-state index contributed by atoms with van der Waals surface area (Å²) in [5.41, 5.74) is 2.98. The summed E-state index contributed by atoms with van der Waals surface area (Å²) in [6.45, 7) is 1.42. The van der Waals surface area contributed by atoms with Gasteiger partial charge >= 0.3 is 0 Å². The number of halogens is 2. The van der Waals surface area contributed by atoms with Gasteiger partial charge in [-0.05, 0) is 12.1 Å². The van der Waals surface area contributed by atoms with Crippen molar-refractivity contribution in [2.45, 2.75) is 12.1 Å². The zero-order chi connectivity index (χ0) is 12.3. The predicted molar refractivity (Wildman–Crippen MR) is 62.0 cm³/mol. The molecule has 3 N–H and O–H groups in total. The number of benzene rings is 1. The second-order valence-corrected chi connectivity index (χ2v) is 4.23. The van der Waals surface area contributed by atoms with Crippen LogP contribution in [0.1, 0.15) is 11.6 Å². The second kappa shape index (κ2) is 5.75. The van der Waals surface area contributed by atoms with Crippen LogP contribution in [0.2, 0.25) is 5.02 Å². The molecule has 94 valence electrons. The lowest BCUT2D eigenvalue weighted by molar-refractivity contribution is -0.103. The molecule has 1 heterocycles. The van der Waals surface area contributed by atoms with E-state index in [-0.39, 0.29) is 6.10 Å². The Kier molecular flexibility index (Phi) is 4.31. The number of nitrogens with two attached hydrogens (primary N) is 1. The number of nitrogens with one attached hydrogen (secondary N) is 1. The van der Waals surface area contributed by atoms with E-state index in [4.69, 9.17) is 26.9 Å². The van der Waals surface area contributed by atoms with Gasteiger partial charge in [0.05, 0.1) is 25.9 Å². The third-order valence-electron chi connectivity index (χ3n) is 2.69. The average Bonchev–Trinajstić information content (AvgIpc) is 2.34. The highest BCUT2D eigenvalue weighted by molar-refractivity contribution is 6.30. The maximum atomic E-state index is 13.8. The molecule has 1 saturated heterocycles. The summed E-state index contributed by atoms with van der Waals surface area (Å²) in [5.74, 6) is 5.05. The largest absolute Gasteiger partial charge is 0.376 e. The van der Waals surface area contributed by atoms with Gasteiger partial charge < -0.3 is 9.47 Å². The molecule has 1 aliphatic heterocycles. The average molecular weight is 261 g/mol. The Labute approximate surface area is 104 Å². The molecule has 4 nitrogen and oxygen atoms in total. The van der Waals surface area contributed by atoms with Crippen molar-refractivity contribution in [3.63, 3.8) is 0 Å². The molecule has 1 aromatic rings. The van der Waals surface area contributed by atoms with Crippen LogP contribution in [-0.4, -0.2) is 25.9 Å². The lowest BCUT2D eigenvalue weighted by Crippen LogP contribution is -2.43. The van der Waals surface area contributed by atoms with Crippen molar-refractivity contribution in [1.29, 1.82) is 0 Å². The van der Waals surface area contributed by atoms with Crippen LogP contribution < -0.4 is 11.3 Å². The van der Waals surface area contributed by atoms with Gasteiger partial charge in [0.25, 0.3) is 0 Å². The van der Waals surface area contributed by atoms with E-state index in [9.17, 15) is 4.39 Å². The molecule has 17 heavy (non-hydrogen) atoms. The molecule has 0 aromatic heterocycles. The van der Waals surface area contributed by atoms with Gasteiger partial charge in [-0.1, -0.05) is 17.7 Å². The lowest BCUT2D eigenvalue weighted by atomic mass is 10.0. The minimum absolute atomic E-state index is 0.301. The maximum absolute atomic E-state index is 13.8. The smallest absolute Gasteiger partial charge is 0.129 e. The lowest BCUT2D eigenvalue weighted by Gasteiger charge is -2.30.